The zero-order valence-corrected chi connectivity index (χ0v) is 10.8. The molecule has 0 aromatic heterocycles. The largest absolute Gasteiger partial charge is 0.423 e. The van der Waals surface area contributed by atoms with Crippen LogP contribution in [0, 0.1) is 0 Å². The Morgan fingerprint density at radius 3 is 3.05 bits per heavy atom. The molecule has 0 fully saturated rings. The van der Waals surface area contributed by atoms with E-state index in [4.69, 9.17) is 21.4 Å². The molecule has 6 nitrogen and oxygen atoms in total. The molecule has 1 heterocycles. The maximum Gasteiger partial charge on any atom is 0.331 e. The van der Waals surface area contributed by atoms with Crippen LogP contribution in [0.2, 0.25) is 5.02 Å². The second-order valence-electron chi connectivity index (χ2n) is 4.02. The smallest absolute Gasteiger partial charge is 0.331 e. The van der Waals surface area contributed by atoms with E-state index >= 15 is 0 Å². The Bertz CT molecular complexity index is 507. The summed E-state index contributed by atoms with van der Waals surface area (Å²) < 4.78 is 5.07. The maximum atomic E-state index is 11.6. The molecular weight excluding hydrogens is 272 g/mol. The van der Waals surface area contributed by atoms with Crippen LogP contribution >= 0.6 is 11.6 Å². The van der Waals surface area contributed by atoms with Crippen LogP contribution < -0.4 is 15.0 Å². The zero-order chi connectivity index (χ0) is 13.8. The number of esters is 1. The minimum Gasteiger partial charge on any atom is -0.423 e. The van der Waals surface area contributed by atoms with E-state index in [0.717, 1.165) is 0 Å². The molecular formula is C12H13ClN2O4. The highest BCUT2D eigenvalue weighted by atomic mass is 35.5. The molecule has 1 aromatic carbocycles. The van der Waals surface area contributed by atoms with Crippen molar-refractivity contribution in [2.45, 2.75) is 0 Å². The molecule has 1 aromatic rings. The van der Waals surface area contributed by atoms with Gasteiger partial charge in [-0.1, -0.05) is 11.6 Å². The summed E-state index contributed by atoms with van der Waals surface area (Å²) in [5, 5.41) is 11.7. The normalized spacial score (nSPS) is 13.8. The van der Waals surface area contributed by atoms with E-state index in [1.807, 2.05) is 0 Å². The molecule has 0 saturated heterocycles. The number of carbonyl (C=O) groups is 2. The fourth-order valence-electron chi connectivity index (χ4n) is 1.79. The molecule has 1 amide bonds. The number of nitrogens with one attached hydrogen (secondary N) is 1. The predicted molar refractivity (Wildman–Crippen MR) is 69.4 cm³/mol. The van der Waals surface area contributed by atoms with Crippen molar-refractivity contribution in [1.82, 2.24) is 5.32 Å². The number of carbonyl (C=O) groups excluding carboxylic acids is 2. The van der Waals surface area contributed by atoms with E-state index in [1.54, 1.807) is 23.1 Å². The summed E-state index contributed by atoms with van der Waals surface area (Å²) in [6, 6.07) is 4.85. The summed E-state index contributed by atoms with van der Waals surface area (Å²) >= 11 is 5.90. The number of aliphatic hydroxyl groups excluding tert-OH is 1. The van der Waals surface area contributed by atoms with Crippen LogP contribution in [-0.4, -0.2) is 43.2 Å². The number of anilines is 1. The highest BCUT2D eigenvalue weighted by Gasteiger charge is 2.25. The maximum absolute atomic E-state index is 11.6. The van der Waals surface area contributed by atoms with Crippen LogP contribution in [-0.2, 0) is 9.59 Å². The van der Waals surface area contributed by atoms with Gasteiger partial charge in [-0.3, -0.25) is 4.79 Å². The lowest BCUT2D eigenvalue weighted by Gasteiger charge is -2.29. The molecule has 0 atom stereocenters. The number of halogens is 1. The molecule has 0 bridgehead atoms. The van der Waals surface area contributed by atoms with Gasteiger partial charge >= 0.3 is 5.97 Å². The van der Waals surface area contributed by atoms with Crippen molar-refractivity contribution in [2.24, 2.45) is 0 Å². The number of nitrogens with zero attached hydrogens (tertiary/aromatic N) is 1. The van der Waals surface area contributed by atoms with Crippen molar-refractivity contribution in [3.05, 3.63) is 23.2 Å². The summed E-state index contributed by atoms with van der Waals surface area (Å²) in [5.74, 6) is -0.324. The van der Waals surface area contributed by atoms with Crippen molar-refractivity contribution >= 4 is 29.2 Å². The standard InChI is InChI=1S/C12H13ClN2O4/c13-8-1-2-10-9(5-8)15(7-12(18)19-10)6-11(17)14-3-4-16/h1-2,5,16H,3-4,6-7H2,(H,14,17). The quantitative estimate of drug-likeness (QED) is 0.609. The van der Waals surface area contributed by atoms with Gasteiger partial charge in [0.2, 0.25) is 5.91 Å². The van der Waals surface area contributed by atoms with Crippen LogP contribution in [0.1, 0.15) is 0 Å². The average molecular weight is 285 g/mol. The number of benzene rings is 1. The van der Waals surface area contributed by atoms with E-state index < -0.39 is 5.97 Å². The first-order valence-corrected chi connectivity index (χ1v) is 6.10. The molecule has 0 saturated carbocycles. The zero-order valence-electron chi connectivity index (χ0n) is 10.1. The second kappa shape index (κ2) is 5.90. The summed E-state index contributed by atoms with van der Waals surface area (Å²) in [7, 11) is 0. The number of hydrogen-bond acceptors (Lipinski definition) is 5. The third-order valence-corrected chi connectivity index (χ3v) is 2.81. The second-order valence-corrected chi connectivity index (χ2v) is 4.45. The van der Waals surface area contributed by atoms with Gasteiger partial charge in [-0.15, -0.1) is 0 Å². The van der Waals surface area contributed by atoms with Gasteiger partial charge in [0.25, 0.3) is 0 Å². The number of rotatable bonds is 4. The molecule has 2 N–H and O–H groups in total. The van der Waals surface area contributed by atoms with Crippen molar-refractivity contribution in [3.8, 4) is 5.75 Å². The van der Waals surface area contributed by atoms with Gasteiger partial charge in [-0.25, -0.2) is 4.79 Å². The summed E-state index contributed by atoms with van der Waals surface area (Å²) in [6.07, 6.45) is 0. The lowest BCUT2D eigenvalue weighted by Crippen LogP contribution is -2.43. The topological polar surface area (TPSA) is 78.9 Å². The van der Waals surface area contributed by atoms with Gasteiger partial charge in [0.05, 0.1) is 18.8 Å². The highest BCUT2D eigenvalue weighted by molar-refractivity contribution is 6.31. The van der Waals surface area contributed by atoms with E-state index in [9.17, 15) is 9.59 Å². The minimum absolute atomic E-state index is 0.00242. The SMILES string of the molecule is O=C(CN1CC(=O)Oc2ccc(Cl)cc21)NCCO. The first kappa shape index (κ1) is 13.6. The average Bonchev–Trinajstić information content (AvgIpc) is 2.37. The first-order valence-electron chi connectivity index (χ1n) is 5.73. The van der Waals surface area contributed by atoms with Crippen molar-refractivity contribution < 1.29 is 19.4 Å². The molecule has 0 aliphatic carbocycles. The van der Waals surface area contributed by atoms with Crippen molar-refractivity contribution in [2.75, 3.05) is 31.1 Å². The Morgan fingerprint density at radius 2 is 2.32 bits per heavy atom. The van der Waals surface area contributed by atoms with E-state index in [2.05, 4.69) is 5.32 Å². The Morgan fingerprint density at radius 1 is 1.53 bits per heavy atom. The molecule has 2 rings (SSSR count). The van der Waals surface area contributed by atoms with Crippen LogP contribution in [0.4, 0.5) is 5.69 Å². The lowest BCUT2D eigenvalue weighted by molar-refractivity contribution is -0.133. The molecule has 102 valence electrons. The molecule has 1 aliphatic rings. The summed E-state index contributed by atoms with van der Waals surface area (Å²) in [6.45, 7) is 0.0397. The molecule has 0 spiro atoms. The van der Waals surface area contributed by atoms with Crippen molar-refractivity contribution in [3.63, 3.8) is 0 Å². The fourth-order valence-corrected chi connectivity index (χ4v) is 1.95. The number of amides is 1. The monoisotopic (exact) mass is 284 g/mol. The first-order chi connectivity index (χ1) is 9.10. The Kier molecular flexibility index (Phi) is 4.24. The summed E-state index contributed by atoms with van der Waals surface area (Å²) in [5.41, 5.74) is 0.603. The van der Waals surface area contributed by atoms with Gasteiger partial charge in [0, 0.05) is 11.6 Å². The molecule has 0 radical (unpaired) electrons. The molecule has 19 heavy (non-hydrogen) atoms. The number of fused-ring (bicyclic) bond motifs is 1. The Hall–Kier alpha value is -1.79. The Balaban J connectivity index is 2.15. The minimum atomic E-state index is -0.426. The van der Waals surface area contributed by atoms with Gasteiger partial charge in [0.1, 0.15) is 6.54 Å². The van der Waals surface area contributed by atoms with Crippen molar-refractivity contribution in [1.29, 1.82) is 0 Å². The van der Waals surface area contributed by atoms with Gasteiger partial charge < -0.3 is 20.1 Å². The van der Waals surface area contributed by atoms with Crippen LogP contribution in [0.3, 0.4) is 0 Å². The third-order valence-electron chi connectivity index (χ3n) is 2.57. The lowest BCUT2D eigenvalue weighted by atomic mass is 10.2. The van der Waals surface area contributed by atoms with Crippen LogP contribution in [0.15, 0.2) is 18.2 Å². The highest BCUT2D eigenvalue weighted by Crippen LogP contribution is 2.34. The molecule has 1 aliphatic heterocycles. The van der Waals surface area contributed by atoms with Crippen LogP contribution in [0.25, 0.3) is 0 Å². The van der Waals surface area contributed by atoms with E-state index in [-0.39, 0.29) is 32.1 Å². The van der Waals surface area contributed by atoms with Gasteiger partial charge in [-0.2, -0.15) is 0 Å². The number of ether oxygens (including phenoxy) is 1. The van der Waals surface area contributed by atoms with Crippen LogP contribution in [0.5, 0.6) is 5.75 Å². The van der Waals surface area contributed by atoms with E-state index in [1.165, 1.54) is 0 Å². The Labute approximate surface area is 114 Å². The third kappa shape index (κ3) is 3.36. The predicted octanol–water partition coefficient (Wildman–Crippen LogP) is 0.174. The number of hydrogen-bond donors (Lipinski definition) is 2. The van der Waals surface area contributed by atoms with Gasteiger partial charge in [0.15, 0.2) is 5.75 Å². The fraction of sp³-hybridized carbons (Fsp3) is 0.333. The van der Waals surface area contributed by atoms with E-state index in [0.29, 0.717) is 16.5 Å². The summed E-state index contributed by atoms with van der Waals surface area (Å²) in [4.78, 5) is 24.7. The molecule has 7 heteroatoms. The molecule has 0 unspecified atom stereocenters. The number of aliphatic hydroxyl groups is 1. The van der Waals surface area contributed by atoms with Gasteiger partial charge in [-0.05, 0) is 18.2 Å².